The van der Waals surface area contributed by atoms with Gasteiger partial charge in [0.2, 0.25) is 0 Å². The van der Waals surface area contributed by atoms with Gasteiger partial charge >= 0.3 is 0 Å². The lowest BCUT2D eigenvalue weighted by Crippen LogP contribution is -2.55. The fourth-order valence-electron chi connectivity index (χ4n) is 1.67. The zero-order chi connectivity index (χ0) is 13.4. The molecule has 1 aliphatic rings. The summed E-state index contributed by atoms with van der Waals surface area (Å²) in [5.41, 5.74) is 5.89. The molecule has 0 radical (unpaired) electrons. The second-order valence-corrected chi connectivity index (χ2v) is 11.3. The van der Waals surface area contributed by atoms with Crippen LogP contribution in [0.2, 0.25) is 18.1 Å². The van der Waals surface area contributed by atoms with E-state index in [4.69, 9.17) is 14.9 Å². The summed E-state index contributed by atoms with van der Waals surface area (Å²) in [5, 5.41) is 9.88. The molecule has 1 rings (SSSR count). The van der Waals surface area contributed by atoms with Gasteiger partial charge < -0.3 is 20.0 Å². The summed E-state index contributed by atoms with van der Waals surface area (Å²) in [6.45, 7) is 12.8. The van der Waals surface area contributed by atoms with Gasteiger partial charge in [0.25, 0.3) is 0 Å². The van der Waals surface area contributed by atoms with E-state index in [2.05, 4.69) is 33.9 Å². The van der Waals surface area contributed by atoms with Crippen molar-refractivity contribution in [2.45, 2.75) is 76.8 Å². The van der Waals surface area contributed by atoms with Crippen LogP contribution >= 0.6 is 0 Å². The summed E-state index contributed by atoms with van der Waals surface area (Å²) in [5.74, 6) is 0. The molecule has 1 saturated heterocycles. The summed E-state index contributed by atoms with van der Waals surface area (Å²) in [4.78, 5) is 0. The van der Waals surface area contributed by atoms with E-state index in [0.717, 1.165) is 0 Å². The molecule has 0 bridgehead atoms. The van der Waals surface area contributed by atoms with Crippen molar-refractivity contribution in [2.75, 3.05) is 0 Å². The van der Waals surface area contributed by atoms with Gasteiger partial charge in [-0.2, -0.15) is 0 Å². The van der Waals surface area contributed by atoms with Gasteiger partial charge in [-0.3, -0.25) is 0 Å². The zero-order valence-electron chi connectivity index (χ0n) is 11.9. The summed E-state index contributed by atoms with van der Waals surface area (Å²) in [6.07, 6.45) is -0.551. The molecule has 102 valence electrons. The van der Waals surface area contributed by atoms with E-state index in [-0.39, 0.29) is 23.5 Å². The molecule has 4 nitrogen and oxygen atoms in total. The van der Waals surface area contributed by atoms with Gasteiger partial charge in [0, 0.05) is 12.5 Å². The number of hydrogen-bond donors (Lipinski definition) is 2. The smallest absolute Gasteiger partial charge is 0.195 e. The van der Waals surface area contributed by atoms with Crippen molar-refractivity contribution in [2.24, 2.45) is 5.73 Å². The zero-order valence-corrected chi connectivity index (χ0v) is 12.9. The Balaban J connectivity index is 2.65. The lowest BCUT2D eigenvalue weighted by molar-refractivity contribution is -0.191. The molecule has 1 aliphatic heterocycles. The Morgan fingerprint density at radius 1 is 1.35 bits per heavy atom. The van der Waals surface area contributed by atoms with Crippen LogP contribution in [0, 0.1) is 0 Å². The summed E-state index contributed by atoms with van der Waals surface area (Å²) in [7, 11) is -1.84. The number of hydrogen-bond acceptors (Lipinski definition) is 4. The molecule has 1 heterocycles. The molecule has 0 aromatic carbocycles. The van der Waals surface area contributed by atoms with Crippen LogP contribution in [-0.2, 0) is 9.16 Å². The molecule has 0 spiro atoms. The van der Waals surface area contributed by atoms with Gasteiger partial charge in [0.05, 0.1) is 12.2 Å². The predicted molar refractivity (Wildman–Crippen MR) is 71.2 cm³/mol. The Labute approximate surface area is 106 Å². The van der Waals surface area contributed by atoms with E-state index < -0.39 is 14.4 Å². The SMILES string of the molecule is C[C@@H]1O[C@H](O[Si](C)(C)C(C)(C)C)C[C@H](N)[C@H]1O. The van der Waals surface area contributed by atoms with Crippen LogP contribution in [0.15, 0.2) is 0 Å². The topological polar surface area (TPSA) is 64.7 Å². The lowest BCUT2D eigenvalue weighted by Gasteiger charge is -2.43. The molecule has 0 saturated carbocycles. The predicted octanol–water partition coefficient (Wildman–Crippen LogP) is 1.83. The third-order valence-corrected chi connectivity index (χ3v) is 8.45. The fraction of sp³-hybridized carbons (Fsp3) is 1.00. The minimum atomic E-state index is -1.84. The first-order valence-electron chi connectivity index (χ1n) is 6.31. The quantitative estimate of drug-likeness (QED) is 0.744. The van der Waals surface area contributed by atoms with Gasteiger partial charge in [-0.25, -0.2) is 0 Å². The Bertz CT molecular complexity index is 253. The molecule has 4 atom stereocenters. The third-order valence-electron chi connectivity index (χ3n) is 3.98. The first-order valence-corrected chi connectivity index (χ1v) is 9.22. The summed E-state index contributed by atoms with van der Waals surface area (Å²) in [6, 6.07) is -0.256. The van der Waals surface area contributed by atoms with E-state index in [9.17, 15) is 5.11 Å². The standard InChI is InChI=1S/C12H27NO3Si/c1-8-11(14)9(13)7-10(15-8)16-17(5,6)12(2,3)4/h8-11,14H,7,13H2,1-6H3/t8-,9-,10+,11-/m0/s1. The van der Waals surface area contributed by atoms with Crippen LogP contribution in [0.1, 0.15) is 34.1 Å². The van der Waals surface area contributed by atoms with Crippen LogP contribution in [-0.4, -0.2) is 38.0 Å². The van der Waals surface area contributed by atoms with Crippen LogP contribution in [0.5, 0.6) is 0 Å². The maximum atomic E-state index is 9.73. The van der Waals surface area contributed by atoms with Crippen molar-refractivity contribution in [3.8, 4) is 0 Å². The first-order chi connectivity index (χ1) is 7.54. The Morgan fingerprint density at radius 2 is 1.88 bits per heavy atom. The van der Waals surface area contributed by atoms with E-state index in [1.807, 2.05) is 6.92 Å². The molecule has 0 aromatic heterocycles. The van der Waals surface area contributed by atoms with Gasteiger partial charge in [-0.05, 0) is 25.1 Å². The van der Waals surface area contributed by atoms with Crippen LogP contribution in [0.25, 0.3) is 0 Å². The summed E-state index contributed by atoms with van der Waals surface area (Å²) >= 11 is 0. The van der Waals surface area contributed by atoms with Crippen molar-refractivity contribution in [3.63, 3.8) is 0 Å². The number of rotatable bonds is 2. The van der Waals surface area contributed by atoms with Gasteiger partial charge in [0.15, 0.2) is 8.32 Å². The highest BCUT2D eigenvalue weighted by Gasteiger charge is 2.42. The van der Waals surface area contributed by atoms with Crippen LogP contribution < -0.4 is 5.73 Å². The number of aliphatic hydroxyl groups is 1. The molecule has 1 fully saturated rings. The molecule has 0 aliphatic carbocycles. The van der Waals surface area contributed by atoms with Gasteiger partial charge in [0.1, 0.15) is 6.29 Å². The molecule has 0 aromatic rings. The number of aliphatic hydroxyl groups excluding tert-OH is 1. The monoisotopic (exact) mass is 261 g/mol. The van der Waals surface area contributed by atoms with Crippen LogP contribution in [0.3, 0.4) is 0 Å². The molecule has 3 N–H and O–H groups in total. The lowest BCUT2D eigenvalue weighted by atomic mass is 10.0. The normalized spacial score (nSPS) is 36.0. The van der Waals surface area contributed by atoms with E-state index in [1.54, 1.807) is 0 Å². The van der Waals surface area contributed by atoms with E-state index in [0.29, 0.717) is 6.42 Å². The van der Waals surface area contributed by atoms with Gasteiger partial charge in [-0.15, -0.1) is 0 Å². The first kappa shape index (κ1) is 15.1. The summed E-state index contributed by atoms with van der Waals surface area (Å²) < 4.78 is 11.8. The second kappa shape index (κ2) is 4.97. The van der Waals surface area contributed by atoms with Crippen molar-refractivity contribution in [1.82, 2.24) is 0 Å². The maximum absolute atomic E-state index is 9.73. The largest absolute Gasteiger partial charge is 0.392 e. The highest BCUT2D eigenvalue weighted by Crippen LogP contribution is 2.38. The van der Waals surface area contributed by atoms with Crippen LogP contribution in [0.4, 0.5) is 0 Å². The Morgan fingerprint density at radius 3 is 2.29 bits per heavy atom. The molecule has 0 unspecified atom stereocenters. The highest BCUT2D eigenvalue weighted by molar-refractivity contribution is 6.74. The van der Waals surface area contributed by atoms with Crippen molar-refractivity contribution < 1.29 is 14.3 Å². The number of nitrogens with two attached hydrogens (primary N) is 1. The number of ether oxygens (including phenoxy) is 1. The van der Waals surface area contributed by atoms with Crippen molar-refractivity contribution in [1.29, 1.82) is 0 Å². The fourth-order valence-corrected chi connectivity index (χ4v) is 2.83. The highest BCUT2D eigenvalue weighted by atomic mass is 28.4. The third kappa shape index (κ3) is 3.51. The molecular formula is C12H27NO3Si. The van der Waals surface area contributed by atoms with E-state index in [1.165, 1.54) is 0 Å². The van der Waals surface area contributed by atoms with E-state index >= 15 is 0 Å². The average molecular weight is 261 g/mol. The Kier molecular flexibility index (Phi) is 4.42. The van der Waals surface area contributed by atoms with Crippen molar-refractivity contribution >= 4 is 8.32 Å². The van der Waals surface area contributed by atoms with Crippen molar-refractivity contribution in [3.05, 3.63) is 0 Å². The minimum absolute atomic E-state index is 0.153. The minimum Gasteiger partial charge on any atom is -0.392 e. The second-order valence-electron chi connectivity index (χ2n) is 6.54. The van der Waals surface area contributed by atoms with Gasteiger partial charge in [-0.1, -0.05) is 20.8 Å². The maximum Gasteiger partial charge on any atom is 0.195 e. The molecular weight excluding hydrogens is 234 g/mol. The molecule has 17 heavy (non-hydrogen) atoms. The molecule has 0 amide bonds. The molecule has 5 heteroatoms. The Hall–Kier alpha value is 0.0569. The average Bonchev–Trinajstić information content (AvgIpc) is 2.11.